The average molecular weight is 419 g/mol. The number of halogens is 3. The number of carbonyl (C=O) groups is 1. The van der Waals surface area contributed by atoms with Gasteiger partial charge in [0.25, 0.3) is 5.56 Å². The Morgan fingerprint density at radius 1 is 1.17 bits per heavy atom. The molecule has 0 aliphatic carbocycles. The highest BCUT2D eigenvalue weighted by atomic mass is 32.1. The molecule has 1 aromatic carbocycles. The smallest absolute Gasteiger partial charge is 0.416 e. The minimum absolute atomic E-state index is 0.0352. The number of H-pyrrole nitrogens is 1. The summed E-state index contributed by atoms with van der Waals surface area (Å²) in [6.07, 6.45) is -1.34. The summed E-state index contributed by atoms with van der Waals surface area (Å²) in [7, 11) is 0. The number of pyridine rings is 1. The predicted octanol–water partition coefficient (Wildman–Crippen LogP) is 4.82. The molecule has 0 radical (unpaired) electrons. The summed E-state index contributed by atoms with van der Waals surface area (Å²) < 4.78 is 43.8. The van der Waals surface area contributed by atoms with Crippen LogP contribution in [0.5, 0.6) is 0 Å². The molecule has 0 unspecified atom stereocenters. The summed E-state index contributed by atoms with van der Waals surface area (Å²) in [6.45, 7) is -0.311. The van der Waals surface area contributed by atoms with Gasteiger partial charge in [-0.3, -0.25) is 4.79 Å². The lowest BCUT2D eigenvalue weighted by atomic mass is 10.0. The summed E-state index contributed by atoms with van der Waals surface area (Å²) >= 11 is 1.45. The highest BCUT2D eigenvalue weighted by Crippen LogP contribution is 2.29. The molecule has 150 valence electrons. The molecule has 1 N–H and O–H groups in total. The van der Waals surface area contributed by atoms with Gasteiger partial charge in [-0.25, -0.2) is 4.79 Å². The Bertz CT molecular complexity index is 1070. The highest BCUT2D eigenvalue weighted by molar-refractivity contribution is 7.08. The molecule has 0 saturated carbocycles. The van der Waals surface area contributed by atoms with Crippen molar-refractivity contribution in [2.75, 3.05) is 0 Å². The number of rotatable bonds is 6. The first kappa shape index (κ1) is 20.6. The van der Waals surface area contributed by atoms with E-state index >= 15 is 0 Å². The standard InChI is InChI=1S/C21H16F3NO3S/c22-21(23,24)18-5-1-3-14(10-18)12-28-20(27)17(9-15-6-8-29-13-15)11-16-4-2-7-25-19(16)26/h1-10,13H,11-12H2,(H,25,26)/b17-9-. The molecule has 3 rings (SSSR count). The number of hydrogen-bond acceptors (Lipinski definition) is 4. The fraction of sp³-hybridized carbons (Fsp3) is 0.143. The molecule has 2 aromatic heterocycles. The van der Waals surface area contributed by atoms with Crippen LogP contribution in [0, 0.1) is 0 Å². The van der Waals surface area contributed by atoms with Gasteiger partial charge < -0.3 is 9.72 Å². The molecule has 3 aromatic rings. The number of aromatic nitrogens is 1. The van der Waals surface area contributed by atoms with E-state index in [9.17, 15) is 22.8 Å². The lowest BCUT2D eigenvalue weighted by molar-refractivity contribution is -0.140. The van der Waals surface area contributed by atoms with E-state index in [0.29, 0.717) is 5.56 Å². The number of nitrogens with one attached hydrogen (secondary N) is 1. The van der Waals surface area contributed by atoms with Gasteiger partial charge in [0, 0.05) is 23.8 Å². The molecule has 29 heavy (non-hydrogen) atoms. The predicted molar refractivity (Wildman–Crippen MR) is 104 cm³/mol. The van der Waals surface area contributed by atoms with Gasteiger partial charge in [0.05, 0.1) is 5.56 Å². The van der Waals surface area contributed by atoms with E-state index in [2.05, 4.69) is 4.98 Å². The largest absolute Gasteiger partial charge is 0.457 e. The molecule has 0 bridgehead atoms. The molecule has 0 aliphatic heterocycles. The van der Waals surface area contributed by atoms with Gasteiger partial charge in [-0.05, 0) is 52.2 Å². The maximum Gasteiger partial charge on any atom is 0.416 e. The van der Waals surface area contributed by atoms with E-state index in [1.165, 1.54) is 29.7 Å². The quantitative estimate of drug-likeness (QED) is 0.460. The van der Waals surface area contributed by atoms with E-state index in [1.54, 1.807) is 24.3 Å². The molecule has 2 heterocycles. The topological polar surface area (TPSA) is 59.2 Å². The normalized spacial score (nSPS) is 12.0. The van der Waals surface area contributed by atoms with Crippen LogP contribution in [0.4, 0.5) is 13.2 Å². The second-order valence-corrected chi connectivity index (χ2v) is 6.98. The number of aromatic amines is 1. The van der Waals surface area contributed by atoms with Gasteiger partial charge in [0.2, 0.25) is 0 Å². The summed E-state index contributed by atoms with van der Waals surface area (Å²) in [4.78, 5) is 27.1. The molecule has 4 nitrogen and oxygen atoms in total. The van der Waals surface area contributed by atoms with Crippen LogP contribution in [-0.4, -0.2) is 11.0 Å². The summed E-state index contributed by atoms with van der Waals surface area (Å²) in [5, 5.41) is 3.67. The zero-order chi connectivity index (χ0) is 20.9. The van der Waals surface area contributed by atoms with Crippen molar-refractivity contribution in [2.45, 2.75) is 19.2 Å². The number of thiophene rings is 1. The third-order valence-corrected chi connectivity index (χ3v) is 4.75. The van der Waals surface area contributed by atoms with Crippen LogP contribution >= 0.6 is 11.3 Å². The first-order valence-corrected chi connectivity index (χ1v) is 9.50. The number of esters is 1. The monoisotopic (exact) mass is 419 g/mol. The minimum Gasteiger partial charge on any atom is -0.457 e. The fourth-order valence-corrected chi connectivity index (χ4v) is 3.24. The molecule has 0 saturated heterocycles. The molecule has 0 atom stereocenters. The fourth-order valence-electron chi connectivity index (χ4n) is 2.62. The molecule has 0 fully saturated rings. The Hall–Kier alpha value is -3.13. The van der Waals surface area contributed by atoms with Crippen LogP contribution in [0.15, 0.2) is 69.8 Å². The molecular weight excluding hydrogens is 403 g/mol. The van der Waals surface area contributed by atoms with E-state index in [1.807, 2.05) is 10.8 Å². The van der Waals surface area contributed by atoms with Crippen molar-refractivity contribution >= 4 is 23.4 Å². The zero-order valence-corrected chi connectivity index (χ0v) is 15.8. The first-order chi connectivity index (χ1) is 13.8. The SMILES string of the molecule is O=C(OCc1cccc(C(F)(F)F)c1)/C(=C\c1ccsc1)Cc1ccc[nH]c1=O. The second kappa shape index (κ2) is 8.91. The van der Waals surface area contributed by atoms with E-state index in [0.717, 1.165) is 17.7 Å². The lowest BCUT2D eigenvalue weighted by Crippen LogP contribution is -2.16. The number of ether oxygens (including phenoxy) is 1. The Morgan fingerprint density at radius 3 is 2.69 bits per heavy atom. The molecular formula is C21H16F3NO3S. The van der Waals surface area contributed by atoms with Crippen molar-refractivity contribution in [3.05, 3.63) is 97.6 Å². The van der Waals surface area contributed by atoms with Crippen LogP contribution in [0.1, 0.15) is 22.3 Å². The van der Waals surface area contributed by atoms with Crippen LogP contribution < -0.4 is 5.56 Å². The van der Waals surface area contributed by atoms with Crippen molar-refractivity contribution in [1.82, 2.24) is 4.98 Å². The van der Waals surface area contributed by atoms with Gasteiger partial charge in [-0.15, -0.1) is 0 Å². The number of benzene rings is 1. The first-order valence-electron chi connectivity index (χ1n) is 8.55. The Balaban J connectivity index is 1.79. The third kappa shape index (κ3) is 5.68. The molecule has 0 amide bonds. The van der Waals surface area contributed by atoms with Crippen molar-refractivity contribution in [3.8, 4) is 0 Å². The maximum atomic E-state index is 12.8. The second-order valence-electron chi connectivity index (χ2n) is 6.20. The zero-order valence-electron chi connectivity index (χ0n) is 15.0. The van der Waals surface area contributed by atoms with Gasteiger partial charge in [0.1, 0.15) is 6.61 Å². The van der Waals surface area contributed by atoms with Gasteiger partial charge in [0.15, 0.2) is 0 Å². The molecule has 0 aliphatic rings. The van der Waals surface area contributed by atoms with E-state index < -0.39 is 17.7 Å². The Labute approximate surface area is 168 Å². The highest BCUT2D eigenvalue weighted by Gasteiger charge is 2.30. The van der Waals surface area contributed by atoms with E-state index in [-0.39, 0.29) is 29.7 Å². The van der Waals surface area contributed by atoms with Crippen molar-refractivity contribution in [2.24, 2.45) is 0 Å². The number of alkyl halides is 3. The van der Waals surface area contributed by atoms with Crippen molar-refractivity contribution in [3.63, 3.8) is 0 Å². The Kier molecular flexibility index (Phi) is 6.33. The van der Waals surface area contributed by atoms with Crippen LogP contribution in [-0.2, 0) is 28.7 Å². The van der Waals surface area contributed by atoms with Gasteiger partial charge >= 0.3 is 12.1 Å². The van der Waals surface area contributed by atoms with Crippen molar-refractivity contribution < 1.29 is 22.7 Å². The van der Waals surface area contributed by atoms with Gasteiger partial charge in [-0.2, -0.15) is 24.5 Å². The van der Waals surface area contributed by atoms with Crippen LogP contribution in [0.3, 0.4) is 0 Å². The minimum atomic E-state index is -4.47. The third-order valence-electron chi connectivity index (χ3n) is 4.05. The molecule has 0 spiro atoms. The number of carbonyl (C=O) groups excluding carboxylic acids is 1. The summed E-state index contributed by atoms with van der Waals surface area (Å²) in [5.74, 6) is -0.697. The van der Waals surface area contributed by atoms with Gasteiger partial charge in [-0.1, -0.05) is 18.2 Å². The average Bonchev–Trinajstić information content (AvgIpc) is 3.20. The maximum absolute atomic E-state index is 12.8. The lowest BCUT2D eigenvalue weighted by Gasteiger charge is -2.11. The van der Waals surface area contributed by atoms with Crippen molar-refractivity contribution in [1.29, 1.82) is 0 Å². The number of hydrogen-bond donors (Lipinski definition) is 1. The van der Waals surface area contributed by atoms with Crippen LogP contribution in [0.2, 0.25) is 0 Å². The summed E-state index contributed by atoms with van der Waals surface area (Å²) in [6, 6.07) is 9.66. The molecule has 8 heteroatoms. The summed E-state index contributed by atoms with van der Waals surface area (Å²) in [5.41, 5.74) is 0.469. The Morgan fingerprint density at radius 2 is 2.00 bits per heavy atom. The van der Waals surface area contributed by atoms with Crippen LogP contribution in [0.25, 0.3) is 6.08 Å². The van der Waals surface area contributed by atoms with E-state index in [4.69, 9.17) is 4.74 Å².